The maximum absolute atomic E-state index is 12.3. The predicted molar refractivity (Wildman–Crippen MR) is 85.8 cm³/mol. The summed E-state index contributed by atoms with van der Waals surface area (Å²) >= 11 is 1.54. The van der Waals surface area contributed by atoms with Gasteiger partial charge in [-0.15, -0.1) is 11.3 Å². The first-order chi connectivity index (χ1) is 10.1. The van der Waals surface area contributed by atoms with Crippen LogP contribution < -0.4 is 10.0 Å². The maximum atomic E-state index is 12.3. The Morgan fingerprint density at radius 1 is 1.29 bits per heavy atom. The number of nitrogens with one attached hydrogen (secondary N) is 2. The average molecular weight is 327 g/mol. The quantitative estimate of drug-likeness (QED) is 0.781. The van der Waals surface area contributed by atoms with Crippen molar-refractivity contribution in [2.75, 3.05) is 6.54 Å². The molecule has 0 saturated carbocycles. The van der Waals surface area contributed by atoms with Crippen LogP contribution in [0.2, 0.25) is 0 Å². The molecule has 0 unspecified atom stereocenters. The first-order valence-electron chi connectivity index (χ1n) is 6.98. The van der Waals surface area contributed by atoms with E-state index in [-0.39, 0.29) is 0 Å². The second kappa shape index (κ2) is 7.22. The summed E-state index contributed by atoms with van der Waals surface area (Å²) in [7, 11) is -3.47. The summed E-state index contributed by atoms with van der Waals surface area (Å²) in [6, 6.07) is 5.57. The Labute approximate surface area is 130 Å². The molecule has 0 spiro atoms. The van der Waals surface area contributed by atoms with E-state index >= 15 is 0 Å². The van der Waals surface area contributed by atoms with E-state index in [0.717, 1.165) is 23.7 Å². The van der Waals surface area contributed by atoms with Crippen molar-refractivity contribution in [1.29, 1.82) is 0 Å². The predicted octanol–water partition coefficient (Wildman–Crippen LogP) is 2.16. The van der Waals surface area contributed by atoms with Gasteiger partial charge in [-0.3, -0.25) is 0 Å². The highest BCUT2D eigenvalue weighted by atomic mass is 32.2. The van der Waals surface area contributed by atoms with Gasteiger partial charge in [0, 0.05) is 36.4 Å². The van der Waals surface area contributed by atoms with Crippen molar-refractivity contribution in [3.63, 3.8) is 0 Å². The molecular formula is C14H21N3O2S2. The minimum atomic E-state index is -3.47. The van der Waals surface area contributed by atoms with Gasteiger partial charge in [-0.2, -0.15) is 0 Å². The molecule has 0 fully saturated rings. The molecule has 2 heterocycles. The minimum Gasteiger partial charge on any atom is -0.349 e. The first kappa shape index (κ1) is 16.2. The second-order valence-electron chi connectivity index (χ2n) is 4.64. The molecular weight excluding hydrogens is 306 g/mol. The van der Waals surface area contributed by atoms with Gasteiger partial charge < -0.3 is 9.88 Å². The number of hydrogen-bond acceptors (Lipinski definition) is 4. The lowest BCUT2D eigenvalue weighted by molar-refractivity contribution is 0.581. The Kier molecular flexibility index (Phi) is 5.58. The highest BCUT2D eigenvalue weighted by Crippen LogP contribution is 2.16. The normalized spacial score (nSPS) is 11.9. The number of aryl methyl sites for hydroxylation is 1. The van der Waals surface area contributed by atoms with Crippen LogP contribution in [0.25, 0.3) is 0 Å². The van der Waals surface area contributed by atoms with Crippen molar-refractivity contribution in [3.05, 3.63) is 40.3 Å². The second-order valence-corrected chi connectivity index (χ2v) is 7.44. The zero-order valence-corrected chi connectivity index (χ0v) is 13.9. The van der Waals surface area contributed by atoms with E-state index in [9.17, 15) is 8.42 Å². The maximum Gasteiger partial charge on any atom is 0.242 e. The van der Waals surface area contributed by atoms with Gasteiger partial charge in [0.2, 0.25) is 10.0 Å². The van der Waals surface area contributed by atoms with Gasteiger partial charge in [-0.1, -0.05) is 13.0 Å². The third-order valence-corrected chi connectivity index (χ3v) is 5.43. The molecule has 5 nitrogen and oxygen atoms in total. The lowest BCUT2D eigenvalue weighted by Crippen LogP contribution is -2.22. The van der Waals surface area contributed by atoms with Gasteiger partial charge in [0.05, 0.1) is 4.90 Å². The SMILES string of the molecule is CCNCc1cc(S(=O)(=O)NCc2cccs2)cn1CC. The van der Waals surface area contributed by atoms with Crippen LogP contribution >= 0.6 is 11.3 Å². The third-order valence-electron chi connectivity index (χ3n) is 3.18. The number of rotatable bonds is 8. The molecule has 0 radical (unpaired) electrons. The van der Waals surface area contributed by atoms with Crippen LogP contribution in [0.5, 0.6) is 0 Å². The Balaban J connectivity index is 2.13. The average Bonchev–Trinajstić information content (AvgIpc) is 3.12. The first-order valence-corrected chi connectivity index (χ1v) is 9.35. The Morgan fingerprint density at radius 2 is 2.10 bits per heavy atom. The van der Waals surface area contributed by atoms with E-state index in [2.05, 4.69) is 10.0 Å². The lowest BCUT2D eigenvalue weighted by atomic mass is 10.4. The van der Waals surface area contributed by atoms with Gasteiger partial charge in [-0.05, 0) is 31.0 Å². The van der Waals surface area contributed by atoms with E-state index in [0.29, 0.717) is 18.0 Å². The fourth-order valence-electron chi connectivity index (χ4n) is 2.03. The molecule has 2 N–H and O–H groups in total. The Morgan fingerprint density at radius 3 is 2.71 bits per heavy atom. The fourth-order valence-corrected chi connectivity index (χ4v) is 3.84. The molecule has 0 aliphatic heterocycles. The summed E-state index contributed by atoms with van der Waals surface area (Å²) in [6.45, 7) is 6.64. The monoisotopic (exact) mass is 327 g/mol. The molecule has 2 aromatic rings. The number of aromatic nitrogens is 1. The Bertz CT molecular complexity index is 660. The van der Waals surface area contributed by atoms with Crippen molar-refractivity contribution in [1.82, 2.24) is 14.6 Å². The fraction of sp³-hybridized carbons (Fsp3) is 0.429. The summed E-state index contributed by atoms with van der Waals surface area (Å²) in [5, 5.41) is 5.16. The molecule has 116 valence electrons. The molecule has 2 rings (SSSR count). The molecule has 2 aromatic heterocycles. The van der Waals surface area contributed by atoms with Crippen molar-refractivity contribution in [2.24, 2.45) is 0 Å². The van der Waals surface area contributed by atoms with Crippen LogP contribution in [0.3, 0.4) is 0 Å². The highest BCUT2D eigenvalue weighted by Gasteiger charge is 2.17. The van der Waals surface area contributed by atoms with Crippen LogP contribution in [-0.2, 0) is 29.7 Å². The van der Waals surface area contributed by atoms with E-state index < -0.39 is 10.0 Å². The van der Waals surface area contributed by atoms with Crippen molar-refractivity contribution in [2.45, 2.75) is 38.4 Å². The van der Waals surface area contributed by atoms with Gasteiger partial charge >= 0.3 is 0 Å². The number of sulfonamides is 1. The molecule has 0 bridgehead atoms. The van der Waals surface area contributed by atoms with Crippen molar-refractivity contribution in [3.8, 4) is 0 Å². The molecule has 21 heavy (non-hydrogen) atoms. The number of nitrogens with zero attached hydrogens (tertiary/aromatic N) is 1. The third kappa shape index (κ3) is 4.16. The van der Waals surface area contributed by atoms with Gasteiger partial charge in [0.1, 0.15) is 0 Å². The van der Waals surface area contributed by atoms with Gasteiger partial charge in [0.15, 0.2) is 0 Å². The topological polar surface area (TPSA) is 63.1 Å². The van der Waals surface area contributed by atoms with Crippen LogP contribution in [-0.4, -0.2) is 19.5 Å². The zero-order chi connectivity index (χ0) is 15.3. The summed E-state index contributed by atoms with van der Waals surface area (Å²) in [4.78, 5) is 1.33. The van der Waals surface area contributed by atoms with Crippen molar-refractivity contribution >= 4 is 21.4 Å². The summed E-state index contributed by atoms with van der Waals surface area (Å²) < 4.78 is 29.3. The summed E-state index contributed by atoms with van der Waals surface area (Å²) in [6.07, 6.45) is 1.70. The zero-order valence-electron chi connectivity index (χ0n) is 12.3. The standard InChI is InChI=1S/C14H21N3O2S2/c1-3-15-9-12-8-14(11-17(12)4-2)21(18,19)16-10-13-6-5-7-20-13/h5-8,11,15-16H,3-4,9-10H2,1-2H3. The summed E-state index contributed by atoms with van der Waals surface area (Å²) in [5.41, 5.74) is 0.982. The van der Waals surface area contributed by atoms with Crippen LogP contribution in [0.15, 0.2) is 34.7 Å². The van der Waals surface area contributed by atoms with E-state index in [1.807, 2.05) is 35.9 Å². The Hall–Kier alpha value is -1.15. The van der Waals surface area contributed by atoms with E-state index in [1.54, 1.807) is 23.6 Å². The van der Waals surface area contributed by atoms with E-state index in [4.69, 9.17) is 0 Å². The molecule has 0 aliphatic carbocycles. The smallest absolute Gasteiger partial charge is 0.242 e. The van der Waals surface area contributed by atoms with Crippen LogP contribution in [0, 0.1) is 0 Å². The van der Waals surface area contributed by atoms with Crippen LogP contribution in [0.4, 0.5) is 0 Å². The number of hydrogen-bond donors (Lipinski definition) is 2. The molecule has 0 aromatic carbocycles. The molecule has 0 amide bonds. The molecule has 0 atom stereocenters. The highest BCUT2D eigenvalue weighted by molar-refractivity contribution is 7.89. The minimum absolute atomic E-state index is 0.328. The number of thiophene rings is 1. The van der Waals surface area contributed by atoms with Crippen LogP contribution in [0.1, 0.15) is 24.4 Å². The molecule has 0 aliphatic rings. The van der Waals surface area contributed by atoms with Crippen molar-refractivity contribution < 1.29 is 8.42 Å². The summed E-state index contributed by atoms with van der Waals surface area (Å²) in [5.74, 6) is 0. The van der Waals surface area contributed by atoms with Gasteiger partial charge in [0.25, 0.3) is 0 Å². The molecule has 0 saturated heterocycles. The lowest BCUT2D eigenvalue weighted by Gasteiger charge is -2.05. The molecule has 7 heteroatoms. The largest absolute Gasteiger partial charge is 0.349 e. The van der Waals surface area contributed by atoms with Gasteiger partial charge in [-0.25, -0.2) is 13.1 Å². The van der Waals surface area contributed by atoms with E-state index in [1.165, 1.54) is 0 Å².